The molecule has 7 heteroatoms. The minimum atomic E-state index is -0.405. The van der Waals surface area contributed by atoms with Crippen LogP contribution in [-0.2, 0) is 0 Å². The third-order valence-electron chi connectivity index (χ3n) is 1.77. The van der Waals surface area contributed by atoms with Gasteiger partial charge in [0.15, 0.2) is 0 Å². The molecule has 88 valence electrons. The molecule has 16 heavy (non-hydrogen) atoms. The Morgan fingerprint density at radius 1 is 1.50 bits per heavy atom. The predicted molar refractivity (Wildman–Crippen MR) is 70.2 cm³/mol. The summed E-state index contributed by atoms with van der Waals surface area (Å²) in [6.07, 6.45) is 0. The topological polar surface area (TPSA) is 58.4 Å². The number of nitrogens with two attached hydrogens (primary N) is 1. The van der Waals surface area contributed by atoms with E-state index < -0.39 is 6.03 Å². The smallest absolute Gasteiger partial charge is 0.329 e. The zero-order chi connectivity index (χ0) is 12.1. The molecule has 3 N–H and O–H groups in total. The van der Waals surface area contributed by atoms with E-state index in [1.54, 1.807) is 18.2 Å². The first-order valence-corrected chi connectivity index (χ1v) is 5.63. The fourth-order valence-electron chi connectivity index (χ4n) is 1.00. The highest BCUT2D eigenvalue weighted by Gasteiger charge is 2.11. The summed E-state index contributed by atoms with van der Waals surface area (Å²) in [5.74, 6) is 0. The van der Waals surface area contributed by atoms with Crippen molar-refractivity contribution in [2.24, 2.45) is 5.73 Å². The highest BCUT2D eigenvalue weighted by molar-refractivity contribution is 7.78. The highest BCUT2D eigenvalue weighted by atomic mass is 35.5. The summed E-state index contributed by atoms with van der Waals surface area (Å²) in [6, 6.07) is 4.57. The van der Waals surface area contributed by atoms with Gasteiger partial charge < -0.3 is 11.1 Å². The second kappa shape index (κ2) is 6.20. The molecule has 0 saturated carbocycles. The molecule has 0 aliphatic carbocycles. The summed E-state index contributed by atoms with van der Waals surface area (Å²) >= 11 is 15.7. The Morgan fingerprint density at radius 2 is 2.19 bits per heavy atom. The third-order valence-corrected chi connectivity index (χ3v) is 2.97. The van der Waals surface area contributed by atoms with Crippen LogP contribution in [0.15, 0.2) is 18.2 Å². The highest BCUT2D eigenvalue weighted by Crippen LogP contribution is 2.29. The van der Waals surface area contributed by atoms with Crippen LogP contribution in [0.5, 0.6) is 0 Å². The number of nitrogens with one attached hydrogen (secondary N) is 1. The van der Waals surface area contributed by atoms with Gasteiger partial charge in [0.25, 0.3) is 0 Å². The minimum absolute atomic E-state index is 0.298. The lowest BCUT2D eigenvalue weighted by Crippen LogP contribution is -2.31. The summed E-state index contributed by atoms with van der Waals surface area (Å²) in [7, 11) is 0. The number of anilines is 1. The van der Waals surface area contributed by atoms with Gasteiger partial charge in [0.05, 0.1) is 15.7 Å². The Labute approximate surface area is 109 Å². The van der Waals surface area contributed by atoms with Crippen LogP contribution in [-0.4, -0.2) is 23.4 Å². The molecule has 0 radical (unpaired) electrons. The van der Waals surface area contributed by atoms with E-state index in [1.807, 2.05) is 0 Å². The second-order valence-electron chi connectivity index (χ2n) is 2.94. The summed E-state index contributed by atoms with van der Waals surface area (Å²) < 4.78 is 1.16. The molecular formula is C9H11Cl2N3OS. The molecule has 0 heterocycles. The maximum Gasteiger partial charge on any atom is 0.331 e. The molecule has 1 aromatic rings. The molecular weight excluding hydrogens is 269 g/mol. The molecule has 2 amide bonds. The number of hydrogen-bond donors (Lipinski definition) is 3. The van der Waals surface area contributed by atoms with E-state index in [0.29, 0.717) is 28.8 Å². The average Bonchev–Trinajstić information content (AvgIpc) is 2.25. The van der Waals surface area contributed by atoms with E-state index in [0.717, 1.165) is 4.31 Å². The average molecular weight is 280 g/mol. The Hall–Kier alpha value is -0.620. The maximum atomic E-state index is 11.5. The molecule has 0 atom stereocenters. The van der Waals surface area contributed by atoms with Crippen LogP contribution in [0.4, 0.5) is 10.5 Å². The molecule has 0 bridgehead atoms. The predicted octanol–water partition coefficient (Wildman–Crippen LogP) is 2.63. The molecule has 0 fully saturated rings. The van der Waals surface area contributed by atoms with Gasteiger partial charge in [-0.2, -0.15) is 0 Å². The number of thiol groups is 1. The number of carbonyl (C=O) groups excluding carboxylic acids is 1. The van der Waals surface area contributed by atoms with Crippen molar-refractivity contribution in [2.75, 3.05) is 18.4 Å². The van der Waals surface area contributed by atoms with Gasteiger partial charge in [0, 0.05) is 13.1 Å². The molecule has 0 saturated heterocycles. The third kappa shape index (κ3) is 3.45. The zero-order valence-corrected chi connectivity index (χ0v) is 10.7. The van der Waals surface area contributed by atoms with Crippen molar-refractivity contribution >= 4 is 47.7 Å². The molecule has 0 unspecified atom stereocenters. The van der Waals surface area contributed by atoms with Crippen LogP contribution in [0.25, 0.3) is 0 Å². The van der Waals surface area contributed by atoms with Crippen molar-refractivity contribution in [2.45, 2.75) is 0 Å². The first kappa shape index (κ1) is 13.4. The SMILES string of the molecule is NCCN(S)C(=O)Nc1cccc(Cl)c1Cl. The van der Waals surface area contributed by atoms with Gasteiger partial charge in [0.2, 0.25) is 0 Å². The van der Waals surface area contributed by atoms with E-state index in [-0.39, 0.29) is 0 Å². The lowest BCUT2D eigenvalue weighted by atomic mass is 10.3. The number of carbonyl (C=O) groups is 1. The number of halogens is 2. The lowest BCUT2D eigenvalue weighted by molar-refractivity contribution is 0.239. The molecule has 0 aliphatic heterocycles. The monoisotopic (exact) mass is 279 g/mol. The van der Waals surface area contributed by atoms with Gasteiger partial charge in [0.1, 0.15) is 0 Å². The standard InChI is InChI=1S/C9H11Cl2N3OS/c10-6-2-1-3-7(8(6)11)13-9(15)14(16)5-4-12/h1-3,16H,4-5,12H2,(H,13,15). The van der Waals surface area contributed by atoms with Gasteiger partial charge >= 0.3 is 6.03 Å². The van der Waals surface area contributed by atoms with E-state index in [1.165, 1.54) is 0 Å². The van der Waals surface area contributed by atoms with Crippen LogP contribution in [0.1, 0.15) is 0 Å². The molecule has 1 rings (SSSR count). The summed E-state index contributed by atoms with van der Waals surface area (Å²) in [4.78, 5) is 11.5. The van der Waals surface area contributed by atoms with E-state index in [4.69, 9.17) is 28.9 Å². The number of hydrogen-bond acceptors (Lipinski definition) is 3. The van der Waals surface area contributed by atoms with Crippen LogP contribution in [0.3, 0.4) is 0 Å². The number of urea groups is 1. The zero-order valence-electron chi connectivity index (χ0n) is 8.28. The van der Waals surface area contributed by atoms with Crippen molar-refractivity contribution < 1.29 is 4.79 Å². The van der Waals surface area contributed by atoms with Crippen molar-refractivity contribution in [1.82, 2.24) is 4.31 Å². The largest absolute Gasteiger partial charge is 0.331 e. The maximum absolute atomic E-state index is 11.5. The van der Waals surface area contributed by atoms with Gasteiger partial charge in [-0.15, -0.1) is 0 Å². The second-order valence-corrected chi connectivity index (χ2v) is 4.21. The Morgan fingerprint density at radius 3 is 2.81 bits per heavy atom. The first-order valence-electron chi connectivity index (χ1n) is 4.47. The number of rotatable bonds is 3. The quantitative estimate of drug-likeness (QED) is 0.745. The molecule has 0 spiro atoms. The van der Waals surface area contributed by atoms with Crippen molar-refractivity contribution in [3.63, 3.8) is 0 Å². The van der Waals surface area contributed by atoms with Crippen LogP contribution < -0.4 is 11.1 Å². The van der Waals surface area contributed by atoms with Gasteiger partial charge in [-0.05, 0) is 12.1 Å². The summed E-state index contributed by atoms with van der Waals surface area (Å²) in [6.45, 7) is 0.674. The molecule has 4 nitrogen and oxygen atoms in total. The number of benzene rings is 1. The Balaban J connectivity index is 2.73. The Kier molecular flexibility index (Phi) is 5.21. The summed E-state index contributed by atoms with van der Waals surface area (Å²) in [5.41, 5.74) is 5.74. The summed E-state index contributed by atoms with van der Waals surface area (Å²) in [5, 5.41) is 3.25. The van der Waals surface area contributed by atoms with Crippen molar-refractivity contribution in [1.29, 1.82) is 0 Å². The molecule has 0 aliphatic rings. The molecule has 1 aromatic carbocycles. The van der Waals surface area contributed by atoms with Crippen LogP contribution in [0, 0.1) is 0 Å². The first-order chi connectivity index (χ1) is 7.56. The van der Waals surface area contributed by atoms with Gasteiger partial charge in [-0.1, -0.05) is 42.1 Å². The van der Waals surface area contributed by atoms with Crippen molar-refractivity contribution in [3.8, 4) is 0 Å². The van der Waals surface area contributed by atoms with Gasteiger partial charge in [-0.25, -0.2) is 4.79 Å². The normalized spacial score (nSPS) is 10.0. The number of nitrogens with zero attached hydrogens (tertiary/aromatic N) is 1. The van der Waals surface area contributed by atoms with Gasteiger partial charge in [-0.3, -0.25) is 4.31 Å². The molecule has 0 aromatic heterocycles. The van der Waals surface area contributed by atoms with E-state index in [2.05, 4.69) is 18.1 Å². The fourth-order valence-corrected chi connectivity index (χ4v) is 1.52. The lowest BCUT2D eigenvalue weighted by Gasteiger charge is -2.16. The van der Waals surface area contributed by atoms with Crippen molar-refractivity contribution in [3.05, 3.63) is 28.2 Å². The number of amides is 2. The Bertz CT molecular complexity index is 389. The van der Waals surface area contributed by atoms with E-state index in [9.17, 15) is 4.79 Å². The minimum Gasteiger partial charge on any atom is -0.329 e. The van der Waals surface area contributed by atoms with Crippen LogP contribution in [0.2, 0.25) is 10.0 Å². The van der Waals surface area contributed by atoms with E-state index >= 15 is 0 Å². The van der Waals surface area contributed by atoms with Crippen LogP contribution >= 0.6 is 36.0 Å². The fraction of sp³-hybridized carbons (Fsp3) is 0.222.